The molecule has 1 aromatic heterocycles. The average molecular weight is 278 g/mol. The molecule has 3 aromatic rings. The molecule has 21 heavy (non-hydrogen) atoms. The fourth-order valence-corrected chi connectivity index (χ4v) is 2.26. The molecule has 3 rings (SSSR count). The van der Waals surface area contributed by atoms with E-state index in [4.69, 9.17) is 4.52 Å². The highest BCUT2D eigenvalue weighted by atomic mass is 16.5. The van der Waals surface area contributed by atoms with Gasteiger partial charge in [-0.15, -0.1) is 0 Å². The van der Waals surface area contributed by atoms with Gasteiger partial charge in [0.05, 0.1) is 6.54 Å². The smallest absolute Gasteiger partial charge is 0.156 e. The van der Waals surface area contributed by atoms with Crippen LogP contribution in [-0.4, -0.2) is 12.2 Å². The highest BCUT2D eigenvalue weighted by molar-refractivity contribution is 5.59. The number of benzene rings is 2. The second-order valence-electron chi connectivity index (χ2n) is 5.24. The third kappa shape index (κ3) is 3.14. The van der Waals surface area contributed by atoms with Crippen LogP contribution in [0.2, 0.25) is 0 Å². The van der Waals surface area contributed by atoms with E-state index in [1.54, 1.807) is 0 Å². The van der Waals surface area contributed by atoms with E-state index in [0.717, 1.165) is 22.7 Å². The molecule has 0 aliphatic heterocycles. The van der Waals surface area contributed by atoms with Gasteiger partial charge in [0.15, 0.2) is 5.76 Å². The molecule has 0 aliphatic carbocycles. The van der Waals surface area contributed by atoms with Crippen molar-refractivity contribution in [1.82, 2.24) is 5.16 Å². The van der Waals surface area contributed by atoms with Gasteiger partial charge in [-0.1, -0.05) is 53.2 Å². The summed E-state index contributed by atoms with van der Waals surface area (Å²) >= 11 is 0. The van der Waals surface area contributed by atoms with Crippen molar-refractivity contribution in [2.45, 2.75) is 13.5 Å². The van der Waals surface area contributed by atoms with E-state index in [2.05, 4.69) is 53.4 Å². The van der Waals surface area contributed by atoms with Crippen molar-refractivity contribution < 1.29 is 4.52 Å². The summed E-state index contributed by atoms with van der Waals surface area (Å²) in [4.78, 5) is 2.14. The van der Waals surface area contributed by atoms with E-state index in [1.165, 1.54) is 5.56 Å². The summed E-state index contributed by atoms with van der Waals surface area (Å²) in [6, 6.07) is 20.5. The van der Waals surface area contributed by atoms with Crippen molar-refractivity contribution in [2.24, 2.45) is 0 Å². The summed E-state index contributed by atoms with van der Waals surface area (Å²) in [6.07, 6.45) is 0. The highest BCUT2D eigenvalue weighted by Crippen LogP contribution is 2.21. The van der Waals surface area contributed by atoms with Crippen LogP contribution in [0.1, 0.15) is 11.3 Å². The monoisotopic (exact) mass is 278 g/mol. The normalized spacial score (nSPS) is 10.6. The van der Waals surface area contributed by atoms with Crippen molar-refractivity contribution in [3.8, 4) is 11.3 Å². The molecule has 2 aromatic carbocycles. The molecule has 0 atom stereocenters. The Morgan fingerprint density at radius 1 is 1.00 bits per heavy atom. The van der Waals surface area contributed by atoms with Crippen molar-refractivity contribution >= 4 is 5.69 Å². The number of nitrogens with zero attached hydrogens (tertiary/aromatic N) is 2. The first-order chi connectivity index (χ1) is 10.2. The quantitative estimate of drug-likeness (QED) is 0.713. The molecule has 0 bridgehead atoms. The number of rotatable bonds is 4. The second-order valence-corrected chi connectivity index (χ2v) is 5.24. The highest BCUT2D eigenvalue weighted by Gasteiger charge is 2.09. The Morgan fingerprint density at radius 3 is 2.43 bits per heavy atom. The van der Waals surface area contributed by atoms with Gasteiger partial charge in [0.2, 0.25) is 0 Å². The molecule has 0 saturated heterocycles. The Bertz CT molecular complexity index is 702. The average Bonchev–Trinajstić information content (AvgIpc) is 2.97. The lowest BCUT2D eigenvalue weighted by Crippen LogP contribution is -2.15. The van der Waals surface area contributed by atoms with Gasteiger partial charge in [0, 0.05) is 24.4 Å². The van der Waals surface area contributed by atoms with E-state index < -0.39 is 0 Å². The minimum absolute atomic E-state index is 0.697. The molecule has 0 fully saturated rings. The number of hydrogen-bond donors (Lipinski definition) is 0. The second kappa shape index (κ2) is 5.83. The van der Waals surface area contributed by atoms with E-state index in [0.29, 0.717) is 6.54 Å². The van der Waals surface area contributed by atoms with Gasteiger partial charge in [-0.2, -0.15) is 0 Å². The molecule has 3 heteroatoms. The van der Waals surface area contributed by atoms with Crippen LogP contribution < -0.4 is 4.90 Å². The van der Waals surface area contributed by atoms with E-state index in [9.17, 15) is 0 Å². The number of hydrogen-bond acceptors (Lipinski definition) is 3. The molecule has 0 spiro atoms. The summed E-state index contributed by atoms with van der Waals surface area (Å²) in [5, 5.41) is 4.16. The third-order valence-electron chi connectivity index (χ3n) is 3.50. The number of aromatic nitrogens is 1. The van der Waals surface area contributed by atoms with Crippen LogP contribution in [0.4, 0.5) is 5.69 Å². The summed E-state index contributed by atoms with van der Waals surface area (Å²) in [7, 11) is 2.05. The van der Waals surface area contributed by atoms with Crippen molar-refractivity contribution in [3.05, 3.63) is 72.0 Å². The standard InChI is InChI=1S/C18H18N2O/c1-14-8-10-15(11-9-14)18-12-17(21-19-18)13-20(2)16-6-4-3-5-7-16/h3-12H,13H2,1-2H3. The van der Waals surface area contributed by atoms with Crippen molar-refractivity contribution in [3.63, 3.8) is 0 Å². The zero-order valence-corrected chi connectivity index (χ0v) is 12.3. The number of anilines is 1. The van der Waals surface area contributed by atoms with Gasteiger partial charge in [-0.25, -0.2) is 0 Å². The van der Waals surface area contributed by atoms with E-state index >= 15 is 0 Å². The van der Waals surface area contributed by atoms with Gasteiger partial charge in [-0.05, 0) is 19.1 Å². The van der Waals surface area contributed by atoms with Gasteiger partial charge in [0.25, 0.3) is 0 Å². The molecule has 0 unspecified atom stereocenters. The Balaban J connectivity index is 1.75. The number of para-hydroxylation sites is 1. The van der Waals surface area contributed by atoms with Gasteiger partial charge >= 0.3 is 0 Å². The zero-order valence-electron chi connectivity index (χ0n) is 12.3. The van der Waals surface area contributed by atoms with Gasteiger partial charge in [-0.3, -0.25) is 0 Å². The first-order valence-corrected chi connectivity index (χ1v) is 7.01. The maximum atomic E-state index is 5.45. The predicted molar refractivity (Wildman–Crippen MR) is 85.2 cm³/mol. The third-order valence-corrected chi connectivity index (χ3v) is 3.50. The van der Waals surface area contributed by atoms with Crippen LogP contribution in [0.5, 0.6) is 0 Å². The Labute approximate surface area is 124 Å². The molecule has 3 nitrogen and oxygen atoms in total. The number of aryl methyl sites for hydroxylation is 1. The largest absolute Gasteiger partial charge is 0.367 e. The maximum Gasteiger partial charge on any atom is 0.156 e. The molecule has 0 aliphatic rings. The molecular weight excluding hydrogens is 260 g/mol. The van der Waals surface area contributed by atoms with E-state index in [-0.39, 0.29) is 0 Å². The Kier molecular flexibility index (Phi) is 3.73. The summed E-state index contributed by atoms with van der Waals surface area (Å²) in [5.74, 6) is 0.858. The molecule has 106 valence electrons. The first kappa shape index (κ1) is 13.4. The maximum absolute atomic E-state index is 5.45. The van der Waals surface area contributed by atoms with Crippen LogP contribution in [-0.2, 0) is 6.54 Å². The van der Waals surface area contributed by atoms with Crippen LogP contribution >= 0.6 is 0 Å². The molecule has 0 N–H and O–H groups in total. The molecule has 0 amide bonds. The predicted octanol–water partition coefficient (Wildman–Crippen LogP) is 4.29. The summed E-state index contributed by atoms with van der Waals surface area (Å²) in [6.45, 7) is 2.77. The van der Waals surface area contributed by atoms with Crippen LogP contribution in [0.25, 0.3) is 11.3 Å². The molecule has 0 radical (unpaired) electrons. The van der Waals surface area contributed by atoms with Crippen molar-refractivity contribution in [1.29, 1.82) is 0 Å². The fourth-order valence-electron chi connectivity index (χ4n) is 2.26. The van der Waals surface area contributed by atoms with Gasteiger partial charge in [0.1, 0.15) is 5.69 Å². The topological polar surface area (TPSA) is 29.3 Å². The van der Waals surface area contributed by atoms with E-state index in [1.807, 2.05) is 31.3 Å². The van der Waals surface area contributed by atoms with Crippen LogP contribution in [0.15, 0.2) is 65.2 Å². The lowest BCUT2D eigenvalue weighted by molar-refractivity contribution is 0.385. The van der Waals surface area contributed by atoms with Crippen LogP contribution in [0, 0.1) is 6.92 Å². The summed E-state index contributed by atoms with van der Waals surface area (Å²) < 4.78 is 5.45. The fraction of sp³-hybridized carbons (Fsp3) is 0.167. The summed E-state index contributed by atoms with van der Waals surface area (Å²) in [5.41, 5.74) is 4.36. The first-order valence-electron chi connectivity index (χ1n) is 7.01. The molecule has 1 heterocycles. The van der Waals surface area contributed by atoms with Crippen molar-refractivity contribution in [2.75, 3.05) is 11.9 Å². The lowest BCUT2D eigenvalue weighted by Gasteiger charge is -2.16. The van der Waals surface area contributed by atoms with Gasteiger partial charge < -0.3 is 9.42 Å². The minimum atomic E-state index is 0.697. The lowest BCUT2D eigenvalue weighted by atomic mass is 10.1. The SMILES string of the molecule is Cc1ccc(-c2cc(CN(C)c3ccccc3)on2)cc1. The Hall–Kier alpha value is -2.55. The molecular formula is C18H18N2O. The molecule has 0 saturated carbocycles. The zero-order chi connectivity index (χ0) is 14.7. The Morgan fingerprint density at radius 2 is 1.71 bits per heavy atom. The minimum Gasteiger partial charge on any atom is -0.367 e. The van der Waals surface area contributed by atoms with Crippen LogP contribution in [0.3, 0.4) is 0 Å².